The van der Waals surface area contributed by atoms with Crippen molar-refractivity contribution in [2.45, 2.75) is 20.3 Å². The Morgan fingerprint density at radius 3 is 3.00 bits per heavy atom. The van der Waals surface area contributed by atoms with Crippen LogP contribution in [0.25, 0.3) is 0 Å². The molecule has 0 spiro atoms. The first-order chi connectivity index (χ1) is 6.68. The fraction of sp³-hybridized carbons (Fsp3) is 0.417. The zero-order chi connectivity index (χ0) is 10.1. The second-order valence-corrected chi connectivity index (χ2v) is 3.99. The van der Waals surface area contributed by atoms with Gasteiger partial charge in [-0.1, -0.05) is 19.1 Å². The van der Waals surface area contributed by atoms with Gasteiger partial charge in [-0.25, -0.2) is 0 Å². The zero-order valence-electron chi connectivity index (χ0n) is 8.54. The van der Waals surface area contributed by atoms with E-state index in [1.165, 1.54) is 0 Å². The number of carbonyl (C=O) groups is 1. The van der Waals surface area contributed by atoms with Crippen LogP contribution < -0.4 is 4.74 Å². The fourth-order valence-corrected chi connectivity index (χ4v) is 1.83. The number of rotatable bonds is 0. The van der Waals surface area contributed by atoms with Gasteiger partial charge in [0.2, 0.25) is 0 Å². The van der Waals surface area contributed by atoms with E-state index in [-0.39, 0.29) is 5.78 Å². The average molecular weight is 190 g/mol. The van der Waals surface area contributed by atoms with Crippen LogP contribution in [0.5, 0.6) is 5.75 Å². The van der Waals surface area contributed by atoms with Gasteiger partial charge in [0.25, 0.3) is 0 Å². The highest BCUT2D eigenvalue weighted by Gasteiger charge is 2.22. The molecule has 0 amide bonds. The minimum atomic E-state index is 0.211. The summed E-state index contributed by atoms with van der Waals surface area (Å²) in [6, 6.07) is 5.76. The molecule has 2 rings (SSSR count). The monoisotopic (exact) mass is 190 g/mol. The predicted molar refractivity (Wildman–Crippen MR) is 54.8 cm³/mol. The first kappa shape index (κ1) is 9.25. The number of hydrogen-bond acceptors (Lipinski definition) is 2. The molecule has 14 heavy (non-hydrogen) atoms. The Morgan fingerprint density at radius 2 is 2.21 bits per heavy atom. The topological polar surface area (TPSA) is 26.3 Å². The SMILES string of the molecule is Cc1cccc2c1C(=O)C[C@@H](C)CO2. The molecule has 1 aliphatic heterocycles. The first-order valence-corrected chi connectivity index (χ1v) is 4.94. The molecular formula is C12H14O2. The molecule has 1 aromatic carbocycles. The van der Waals surface area contributed by atoms with Gasteiger partial charge < -0.3 is 4.74 Å². The summed E-state index contributed by atoms with van der Waals surface area (Å²) >= 11 is 0. The molecule has 1 atom stereocenters. The molecule has 0 radical (unpaired) electrons. The Hall–Kier alpha value is -1.31. The molecule has 0 aliphatic carbocycles. The molecule has 1 aliphatic rings. The highest BCUT2D eigenvalue weighted by molar-refractivity contribution is 6.00. The summed E-state index contributed by atoms with van der Waals surface area (Å²) in [6.45, 7) is 4.64. The van der Waals surface area contributed by atoms with Crippen LogP contribution in [-0.2, 0) is 0 Å². The Balaban J connectivity index is 2.49. The van der Waals surface area contributed by atoms with E-state index in [0.29, 0.717) is 18.9 Å². The number of carbonyl (C=O) groups excluding carboxylic acids is 1. The number of ether oxygens (including phenoxy) is 1. The van der Waals surface area contributed by atoms with Gasteiger partial charge >= 0.3 is 0 Å². The number of aryl methyl sites for hydroxylation is 1. The van der Waals surface area contributed by atoms with Gasteiger partial charge in [0.05, 0.1) is 12.2 Å². The Labute approximate surface area is 83.9 Å². The van der Waals surface area contributed by atoms with Gasteiger partial charge in [-0.15, -0.1) is 0 Å². The molecule has 0 saturated carbocycles. The van der Waals surface area contributed by atoms with Crippen molar-refractivity contribution < 1.29 is 9.53 Å². The molecule has 0 unspecified atom stereocenters. The maximum absolute atomic E-state index is 11.9. The van der Waals surface area contributed by atoms with Gasteiger partial charge in [0.1, 0.15) is 5.75 Å². The van der Waals surface area contributed by atoms with Crippen molar-refractivity contribution >= 4 is 5.78 Å². The zero-order valence-corrected chi connectivity index (χ0v) is 8.54. The maximum atomic E-state index is 11.9. The van der Waals surface area contributed by atoms with E-state index in [4.69, 9.17) is 4.74 Å². The lowest BCUT2D eigenvalue weighted by Crippen LogP contribution is -2.07. The van der Waals surface area contributed by atoms with Crippen molar-refractivity contribution in [1.82, 2.24) is 0 Å². The Morgan fingerprint density at radius 1 is 1.43 bits per heavy atom. The molecule has 0 fully saturated rings. The largest absolute Gasteiger partial charge is 0.493 e. The molecule has 0 aromatic heterocycles. The van der Waals surface area contributed by atoms with Crippen LogP contribution in [0.4, 0.5) is 0 Å². The molecule has 2 heteroatoms. The van der Waals surface area contributed by atoms with Crippen LogP contribution in [0.1, 0.15) is 29.3 Å². The minimum Gasteiger partial charge on any atom is -0.493 e. The standard InChI is InChI=1S/C12H14O2/c1-8-6-10(13)12-9(2)4-3-5-11(12)14-7-8/h3-5,8H,6-7H2,1-2H3/t8-/m1/s1. The summed E-state index contributed by atoms with van der Waals surface area (Å²) in [5.41, 5.74) is 1.79. The lowest BCUT2D eigenvalue weighted by molar-refractivity contribution is 0.0966. The van der Waals surface area contributed by atoms with Crippen molar-refractivity contribution in [2.24, 2.45) is 5.92 Å². The normalized spacial score (nSPS) is 21.0. The number of Topliss-reactive ketones (excluding diaryl/α,β-unsaturated/α-hetero) is 1. The fourth-order valence-electron chi connectivity index (χ4n) is 1.83. The van der Waals surface area contributed by atoms with Crippen molar-refractivity contribution in [1.29, 1.82) is 0 Å². The van der Waals surface area contributed by atoms with E-state index >= 15 is 0 Å². The summed E-state index contributed by atoms with van der Waals surface area (Å²) in [5, 5.41) is 0. The highest BCUT2D eigenvalue weighted by Crippen LogP contribution is 2.28. The minimum absolute atomic E-state index is 0.211. The van der Waals surface area contributed by atoms with Crippen LogP contribution >= 0.6 is 0 Å². The molecular weight excluding hydrogens is 176 g/mol. The second-order valence-electron chi connectivity index (χ2n) is 3.99. The van der Waals surface area contributed by atoms with Gasteiger partial charge in [0.15, 0.2) is 5.78 Å². The summed E-state index contributed by atoms with van der Waals surface area (Å²) < 4.78 is 5.59. The third kappa shape index (κ3) is 1.52. The van der Waals surface area contributed by atoms with Crippen LogP contribution in [-0.4, -0.2) is 12.4 Å². The molecule has 0 saturated heterocycles. The van der Waals surface area contributed by atoms with Crippen molar-refractivity contribution in [3.63, 3.8) is 0 Å². The van der Waals surface area contributed by atoms with Crippen molar-refractivity contribution in [3.8, 4) is 5.75 Å². The van der Waals surface area contributed by atoms with Crippen LogP contribution in [0.3, 0.4) is 0 Å². The summed E-state index contributed by atoms with van der Waals surface area (Å²) in [4.78, 5) is 11.9. The lowest BCUT2D eigenvalue weighted by atomic mass is 9.98. The van der Waals surface area contributed by atoms with Crippen LogP contribution in [0.15, 0.2) is 18.2 Å². The summed E-state index contributed by atoms with van der Waals surface area (Å²) in [5.74, 6) is 1.27. The van der Waals surface area contributed by atoms with E-state index < -0.39 is 0 Å². The van der Waals surface area contributed by atoms with Gasteiger partial charge in [-0.2, -0.15) is 0 Å². The number of fused-ring (bicyclic) bond motifs is 1. The molecule has 1 heterocycles. The summed E-state index contributed by atoms with van der Waals surface area (Å²) in [6.07, 6.45) is 0.595. The van der Waals surface area contributed by atoms with Gasteiger partial charge in [-0.3, -0.25) is 4.79 Å². The Kier molecular flexibility index (Phi) is 2.28. The van der Waals surface area contributed by atoms with Crippen molar-refractivity contribution in [3.05, 3.63) is 29.3 Å². The van der Waals surface area contributed by atoms with Crippen molar-refractivity contribution in [2.75, 3.05) is 6.61 Å². The first-order valence-electron chi connectivity index (χ1n) is 4.94. The number of ketones is 1. The number of hydrogen-bond donors (Lipinski definition) is 0. The maximum Gasteiger partial charge on any atom is 0.167 e. The third-order valence-electron chi connectivity index (χ3n) is 2.57. The number of benzene rings is 1. The van der Waals surface area contributed by atoms with Crippen LogP contribution in [0, 0.1) is 12.8 Å². The van der Waals surface area contributed by atoms with Crippen LogP contribution in [0.2, 0.25) is 0 Å². The lowest BCUT2D eigenvalue weighted by Gasteiger charge is -2.08. The highest BCUT2D eigenvalue weighted by atomic mass is 16.5. The predicted octanol–water partition coefficient (Wildman–Crippen LogP) is 2.60. The average Bonchev–Trinajstić information content (AvgIpc) is 2.27. The summed E-state index contributed by atoms with van der Waals surface area (Å²) in [7, 11) is 0. The molecule has 74 valence electrons. The quantitative estimate of drug-likeness (QED) is 0.628. The Bertz CT molecular complexity index is 369. The van der Waals surface area contributed by atoms with Gasteiger partial charge in [-0.05, 0) is 24.5 Å². The van der Waals surface area contributed by atoms with E-state index in [0.717, 1.165) is 16.9 Å². The molecule has 1 aromatic rings. The van der Waals surface area contributed by atoms with E-state index in [2.05, 4.69) is 0 Å². The van der Waals surface area contributed by atoms with E-state index in [9.17, 15) is 4.79 Å². The molecule has 0 bridgehead atoms. The molecule has 2 nitrogen and oxygen atoms in total. The second kappa shape index (κ2) is 3.45. The third-order valence-corrected chi connectivity index (χ3v) is 2.57. The smallest absolute Gasteiger partial charge is 0.167 e. The van der Waals surface area contributed by atoms with E-state index in [1.54, 1.807) is 0 Å². The van der Waals surface area contributed by atoms with Gasteiger partial charge in [0, 0.05) is 6.42 Å². The van der Waals surface area contributed by atoms with E-state index in [1.807, 2.05) is 32.0 Å². The molecule has 0 N–H and O–H groups in total.